The molecule has 0 aliphatic heterocycles. The molecule has 0 aliphatic carbocycles. The monoisotopic (exact) mass is 517 g/mol. The molecule has 9 nitrogen and oxygen atoms in total. The molecule has 0 atom stereocenters. The lowest BCUT2D eigenvalue weighted by molar-refractivity contribution is 0.0601. The highest BCUT2D eigenvalue weighted by molar-refractivity contribution is 6.00. The Balaban J connectivity index is 1.81. The van der Waals surface area contributed by atoms with Crippen LogP contribution in [0, 0.1) is 12.7 Å². The minimum atomic E-state index is -0.766. The molecular formula is C27H40FN5O4. The number of methoxy groups -OCH3 is 1. The average Bonchev–Trinajstić information content (AvgIpc) is 2.90. The molecule has 0 aliphatic rings. The van der Waals surface area contributed by atoms with Gasteiger partial charge in [0.15, 0.2) is 0 Å². The molecule has 0 bridgehead atoms. The predicted molar refractivity (Wildman–Crippen MR) is 144 cm³/mol. The molecule has 2 rings (SSSR count). The van der Waals surface area contributed by atoms with E-state index < -0.39 is 17.9 Å². The van der Waals surface area contributed by atoms with E-state index in [1.165, 1.54) is 13.2 Å². The summed E-state index contributed by atoms with van der Waals surface area (Å²) in [5, 5.41) is 12.3. The third kappa shape index (κ3) is 11.6. The summed E-state index contributed by atoms with van der Waals surface area (Å²) in [6.45, 7) is 6.89. The first-order valence-electron chi connectivity index (χ1n) is 12.7. The van der Waals surface area contributed by atoms with Gasteiger partial charge in [-0.3, -0.25) is 5.32 Å². The van der Waals surface area contributed by atoms with E-state index in [2.05, 4.69) is 21.3 Å². The summed E-state index contributed by atoms with van der Waals surface area (Å²) >= 11 is 0. The van der Waals surface area contributed by atoms with Gasteiger partial charge in [0.1, 0.15) is 12.4 Å². The Labute approximate surface area is 218 Å². The predicted octanol–water partition coefficient (Wildman–Crippen LogP) is 3.78. The Morgan fingerprint density at radius 2 is 1.54 bits per heavy atom. The van der Waals surface area contributed by atoms with Crippen molar-refractivity contribution in [1.29, 1.82) is 0 Å². The number of benzene rings is 2. The number of unbranched alkanes of at least 4 members (excludes halogenated alkanes) is 1. The number of nitrogens with two attached hydrogens (primary N) is 1. The van der Waals surface area contributed by atoms with Gasteiger partial charge in [0, 0.05) is 6.54 Å². The summed E-state index contributed by atoms with van der Waals surface area (Å²) < 4.78 is 24.6. The summed E-state index contributed by atoms with van der Waals surface area (Å²) in [7, 11) is 1.19. The van der Waals surface area contributed by atoms with Gasteiger partial charge >= 0.3 is 12.1 Å². The molecule has 10 heteroatoms. The Kier molecular flexibility index (Phi) is 14.0. The molecule has 2 aromatic carbocycles. The molecule has 1 amide bonds. The average molecular weight is 518 g/mol. The normalized spacial score (nSPS) is 10.7. The zero-order chi connectivity index (χ0) is 26.9. The number of hydrogen-bond donors (Lipinski definition) is 5. The van der Waals surface area contributed by atoms with Gasteiger partial charge in [-0.1, -0.05) is 29.8 Å². The van der Waals surface area contributed by atoms with Crippen molar-refractivity contribution in [3.63, 3.8) is 0 Å². The first-order chi connectivity index (χ1) is 17.9. The van der Waals surface area contributed by atoms with Gasteiger partial charge in [-0.15, -0.1) is 0 Å². The number of hydrogen-bond acceptors (Lipinski definition) is 8. The number of halogens is 1. The molecule has 0 unspecified atom stereocenters. The van der Waals surface area contributed by atoms with Crippen LogP contribution in [-0.2, 0) is 16.1 Å². The summed E-state index contributed by atoms with van der Waals surface area (Å²) in [5.41, 5.74) is 7.55. The van der Waals surface area contributed by atoms with E-state index in [0.717, 1.165) is 69.1 Å². The summed E-state index contributed by atoms with van der Waals surface area (Å²) in [6.07, 6.45) is 3.17. The molecule has 0 heterocycles. The van der Waals surface area contributed by atoms with Crippen LogP contribution < -0.4 is 27.0 Å². The number of anilines is 2. The number of esters is 1. The lowest BCUT2D eigenvalue weighted by Gasteiger charge is -2.14. The number of nitrogens with one attached hydrogen (secondary N) is 4. The molecule has 2 aromatic rings. The van der Waals surface area contributed by atoms with Crippen molar-refractivity contribution in [2.24, 2.45) is 5.73 Å². The third-order valence-corrected chi connectivity index (χ3v) is 5.60. The van der Waals surface area contributed by atoms with Crippen molar-refractivity contribution in [3.8, 4) is 0 Å². The van der Waals surface area contributed by atoms with Crippen LogP contribution in [0.3, 0.4) is 0 Å². The fourth-order valence-electron chi connectivity index (χ4n) is 3.48. The summed E-state index contributed by atoms with van der Waals surface area (Å²) in [5.74, 6) is -1.38. The van der Waals surface area contributed by atoms with Crippen LogP contribution >= 0.6 is 0 Å². The van der Waals surface area contributed by atoms with Gasteiger partial charge in [-0.05, 0) is 83.0 Å². The second-order valence-corrected chi connectivity index (χ2v) is 8.69. The smallest absolute Gasteiger partial charge is 0.411 e. The Bertz CT molecular complexity index is 972. The van der Waals surface area contributed by atoms with Crippen molar-refractivity contribution < 1.29 is 23.5 Å². The Morgan fingerprint density at radius 1 is 0.892 bits per heavy atom. The highest BCUT2D eigenvalue weighted by Crippen LogP contribution is 2.26. The number of carbonyl (C=O) groups excluding carboxylic acids is 2. The number of aryl methyl sites for hydroxylation is 1. The molecule has 0 spiro atoms. The maximum absolute atomic E-state index is 14.6. The van der Waals surface area contributed by atoms with Crippen LogP contribution in [0.1, 0.15) is 47.2 Å². The Morgan fingerprint density at radius 3 is 2.19 bits per heavy atom. The quantitative estimate of drug-likeness (QED) is 0.159. The van der Waals surface area contributed by atoms with E-state index in [1.807, 2.05) is 31.2 Å². The standard InChI is InChI=1S/C27H40FN5O4/c1-20-7-9-21(10-8-20)19-37-27(35)33-24-18-25(23(28)17-22(24)26(34)36-2)32-16-6-15-31-13-4-3-12-30-14-5-11-29/h7-10,17-18,30-32H,3-6,11-16,19,29H2,1-2H3,(H,33,35). The third-order valence-electron chi connectivity index (χ3n) is 5.60. The van der Waals surface area contributed by atoms with Crippen molar-refractivity contribution in [2.75, 3.05) is 57.0 Å². The zero-order valence-corrected chi connectivity index (χ0v) is 21.8. The molecular weight excluding hydrogens is 477 g/mol. The van der Waals surface area contributed by atoms with E-state index >= 15 is 0 Å². The lowest BCUT2D eigenvalue weighted by atomic mass is 10.1. The number of carbonyl (C=O) groups is 2. The first kappa shape index (κ1) is 30.0. The van der Waals surface area contributed by atoms with Crippen molar-refractivity contribution in [3.05, 3.63) is 58.9 Å². The number of rotatable bonds is 17. The van der Waals surface area contributed by atoms with Gasteiger partial charge in [-0.25, -0.2) is 14.0 Å². The van der Waals surface area contributed by atoms with Crippen LogP contribution in [0.5, 0.6) is 0 Å². The molecule has 0 fully saturated rings. The van der Waals surface area contributed by atoms with E-state index in [9.17, 15) is 14.0 Å². The van der Waals surface area contributed by atoms with Crippen LogP contribution in [0.15, 0.2) is 36.4 Å². The maximum Gasteiger partial charge on any atom is 0.411 e. The van der Waals surface area contributed by atoms with Crippen LogP contribution in [-0.4, -0.2) is 58.4 Å². The highest BCUT2D eigenvalue weighted by Gasteiger charge is 2.19. The van der Waals surface area contributed by atoms with Crippen molar-refractivity contribution in [2.45, 2.75) is 39.2 Å². The second-order valence-electron chi connectivity index (χ2n) is 8.69. The van der Waals surface area contributed by atoms with Gasteiger partial charge in [-0.2, -0.15) is 0 Å². The largest absolute Gasteiger partial charge is 0.465 e. The van der Waals surface area contributed by atoms with Crippen LogP contribution in [0.2, 0.25) is 0 Å². The van der Waals surface area contributed by atoms with Crippen LogP contribution in [0.4, 0.5) is 20.6 Å². The van der Waals surface area contributed by atoms with Gasteiger partial charge < -0.3 is 31.2 Å². The molecule has 6 N–H and O–H groups in total. The molecule has 0 aromatic heterocycles. The molecule has 0 saturated heterocycles. The van der Waals surface area contributed by atoms with Crippen molar-refractivity contribution >= 4 is 23.4 Å². The van der Waals surface area contributed by atoms with E-state index in [4.69, 9.17) is 15.2 Å². The first-order valence-corrected chi connectivity index (χ1v) is 12.7. The zero-order valence-electron chi connectivity index (χ0n) is 21.8. The van der Waals surface area contributed by atoms with E-state index in [-0.39, 0.29) is 23.5 Å². The maximum atomic E-state index is 14.6. The molecule has 204 valence electrons. The van der Waals surface area contributed by atoms with Crippen molar-refractivity contribution in [1.82, 2.24) is 10.6 Å². The summed E-state index contributed by atoms with van der Waals surface area (Å²) in [6, 6.07) is 9.98. The highest BCUT2D eigenvalue weighted by atomic mass is 19.1. The van der Waals surface area contributed by atoms with Gasteiger partial charge in [0.25, 0.3) is 0 Å². The minimum absolute atomic E-state index is 0.0593. The van der Waals surface area contributed by atoms with Gasteiger partial charge in [0.05, 0.1) is 24.0 Å². The molecule has 37 heavy (non-hydrogen) atoms. The fraction of sp³-hybridized carbons (Fsp3) is 0.481. The van der Waals surface area contributed by atoms with Crippen LogP contribution in [0.25, 0.3) is 0 Å². The SMILES string of the molecule is COC(=O)c1cc(F)c(NCCCNCCCCNCCCN)cc1NC(=O)OCc1ccc(C)cc1. The summed E-state index contributed by atoms with van der Waals surface area (Å²) in [4.78, 5) is 24.5. The number of amides is 1. The topological polar surface area (TPSA) is 127 Å². The lowest BCUT2D eigenvalue weighted by Crippen LogP contribution is -2.22. The number of ether oxygens (including phenoxy) is 2. The van der Waals surface area contributed by atoms with E-state index in [0.29, 0.717) is 13.1 Å². The molecule has 0 radical (unpaired) electrons. The second kappa shape index (κ2) is 17.3. The molecule has 0 saturated carbocycles. The van der Waals surface area contributed by atoms with E-state index in [1.54, 1.807) is 0 Å². The minimum Gasteiger partial charge on any atom is -0.465 e. The fourth-order valence-corrected chi connectivity index (χ4v) is 3.48. The van der Waals surface area contributed by atoms with Gasteiger partial charge in [0.2, 0.25) is 0 Å². The Hall–Kier alpha value is -3.21.